The third-order valence-corrected chi connectivity index (χ3v) is 1.33. The van der Waals surface area contributed by atoms with Crippen LogP contribution in [0.15, 0.2) is 0 Å². The number of hydrogen-bond donors (Lipinski definition) is 2. The first kappa shape index (κ1) is 5.64. The normalized spacial score (nSPS) is 5.80. The zero-order valence-electron chi connectivity index (χ0n) is 2.56. The van der Waals surface area contributed by atoms with Crippen LogP contribution >= 0.6 is 0 Å². The van der Waals surface area contributed by atoms with Crippen LogP contribution in [0.25, 0.3) is 0 Å². The van der Waals surface area contributed by atoms with Gasteiger partial charge in [-0.25, -0.2) is 0 Å². The monoisotopic (exact) mass is 298 g/mol. The predicted molar refractivity (Wildman–Crippen MR) is 14.1 cm³/mol. The summed E-state index contributed by atoms with van der Waals surface area (Å²) in [5.41, 5.74) is 0. The van der Waals surface area contributed by atoms with Crippen molar-refractivity contribution in [1.29, 1.82) is 0 Å². The van der Waals surface area contributed by atoms with Gasteiger partial charge in [-0.1, -0.05) is 0 Å². The van der Waals surface area contributed by atoms with E-state index in [-0.39, 0.29) is 0 Å². The van der Waals surface area contributed by atoms with E-state index in [9.17, 15) is 4.79 Å². The van der Waals surface area contributed by atoms with E-state index in [1.165, 1.54) is 0 Å². The van der Waals surface area contributed by atoms with Crippen LogP contribution in [-0.4, -0.2) is 3.32 Å². The number of carbonyl (C=O) groups is 1. The maximum atomic E-state index is 9.36. The summed E-state index contributed by atoms with van der Waals surface area (Å²) in [6.45, 7) is 0. The van der Waals surface area contributed by atoms with Crippen molar-refractivity contribution >= 4 is 3.32 Å². The van der Waals surface area contributed by atoms with Gasteiger partial charge in [-0.05, 0) is 0 Å². The second-order valence-electron chi connectivity index (χ2n) is 0.407. The number of nitrogens with two attached hydrogens (primary N) is 1. The van der Waals surface area contributed by atoms with Crippen molar-refractivity contribution < 1.29 is 32.9 Å². The van der Waals surface area contributed by atoms with Crippen LogP contribution in [0.2, 0.25) is 0 Å². The van der Waals surface area contributed by atoms with E-state index in [0.29, 0.717) is 0 Å². The summed E-state index contributed by atoms with van der Waals surface area (Å²) in [6.07, 6.45) is 0. The molecule has 0 aliphatic rings. The van der Waals surface area contributed by atoms with Gasteiger partial charge in [0.25, 0.3) is 0 Å². The molecule has 4 heteroatoms. The van der Waals surface area contributed by atoms with Crippen LogP contribution in [0, 0.1) is 28.1 Å². The van der Waals surface area contributed by atoms with Gasteiger partial charge in [0.15, 0.2) is 0 Å². The SMILES string of the molecule is N[NH][U][CH]=O. The van der Waals surface area contributed by atoms with Gasteiger partial charge in [-0.2, -0.15) is 0 Å². The fourth-order valence-electron chi connectivity index (χ4n) is 0.0340. The van der Waals surface area contributed by atoms with Gasteiger partial charge in [0, 0.05) is 0 Å². The van der Waals surface area contributed by atoms with Crippen molar-refractivity contribution in [2.24, 2.45) is 5.84 Å². The molecule has 3 N–H and O–H groups in total. The molecular formula is CH4N2OU. The Balaban J connectivity index is 2.40. The quantitative estimate of drug-likeness (QED) is 0.376. The van der Waals surface area contributed by atoms with Crippen LogP contribution < -0.4 is 8.60 Å². The number of hydrazine groups is 1. The second kappa shape index (κ2) is 4.64. The Morgan fingerprint density at radius 1 is 2.00 bits per heavy atom. The summed E-state index contributed by atoms with van der Waals surface area (Å²) in [5, 5.41) is 0. The zero-order valence-corrected chi connectivity index (χ0v) is 6.73. The Kier molecular flexibility index (Phi) is 5.24. The summed E-state index contributed by atoms with van der Waals surface area (Å²) in [7, 11) is 0. The fraction of sp³-hybridized carbons (Fsp3) is 0. The molecule has 0 bridgehead atoms. The number of hydrogen-bond acceptors (Lipinski definition) is 3. The van der Waals surface area contributed by atoms with Crippen LogP contribution in [0.1, 0.15) is 0 Å². The van der Waals surface area contributed by atoms with E-state index in [4.69, 9.17) is 5.84 Å². The molecule has 0 aliphatic carbocycles. The van der Waals surface area contributed by atoms with Crippen molar-refractivity contribution in [3.8, 4) is 0 Å². The molecule has 0 aromatic heterocycles. The van der Waals surface area contributed by atoms with E-state index in [1.54, 1.807) is 0 Å². The molecule has 28 valence electrons. The summed E-state index contributed by atoms with van der Waals surface area (Å²) in [6, 6.07) is 0. The first-order valence-electron chi connectivity index (χ1n) is 1.06. The topological polar surface area (TPSA) is 55.1 Å². The average Bonchev–Trinajstić information content (AvgIpc) is 1.41. The molecule has 0 rings (SSSR count). The first-order chi connectivity index (χ1) is 2.41. The molecule has 0 amide bonds. The van der Waals surface area contributed by atoms with Gasteiger partial charge in [0.2, 0.25) is 0 Å². The Morgan fingerprint density at radius 3 is 2.60 bits per heavy atom. The molecule has 0 saturated carbocycles. The average molecular weight is 298 g/mol. The van der Waals surface area contributed by atoms with E-state index in [2.05, 4.69) is 2.76 Å². The van der Waals surface area contributed by atoms with Gasteiger partial charge in [0.1, 0.15) is 0 Å². The molecule has 0 radical (unpaired) electrons. The molecule has 3 nitrogen and oxygen atoms in total. The van der Waals surface area contributed by atoms with Gasteiger partial charge in [0.05, 0.1) is 0 Å². The van der Waals surface area contributed by atoms with E-state index >= 15 is 0 Å². The molecule has 0 aromatic rings. The summed E-state index contributed by atoms with van der Waals surface area (Å²) < 4.78 is 3.26. The zero-order chi connectivity index (χ0) is 4.12. The van der Waals surface area contributed by atoms with Crippen LogP contribution in [-0.2, 0) is 4.79 Å². The van der Waals surface area contributed by atoms with Crippen LogP contribution in [0.3, 0.4) is 0 Å². The van der Waals surface area contributed by atoms with E-state index < -0.39 is 28.1 Å². The van der Waals surface area contributed by atoms with Crippen LogP contribution in [0.5, 0.6) is 0 Å². The summed E-state index contributed by atoms with van der Waals surface area (Å²) >= 11 is -1.20. The minimum atomic E-state index is -1.20. The van der Waals surface area contributed by atoms with E-state index in [1.807, 2.05) is 0 Å². The molecule has 0 fully saturated rings. The van der Waals surface area contributed by atoms with E-state index in [0.717, 1.165) is 3.32 Å². The molecule has 0 aliphatic heterocycles. The molecule has 5 heavy (non-hydrogen) atoms. The maximum absolute atomic E-state index is 9.36. The molecule has 0 heterocycles. The van der Waals surface area contributed by atoms with Gasteiger partial charge in [-0.15, -0.1) is 0 Å². The second-order valence-corrected chi connectivity index (χ2v) is 3.79. The van der Waals surface area contributed by atoms with Crippen molar-refractivity contribution in [1.82, 2.24) is 2.76 Å². The minimum absolute atomic E-state index is 0.904. The van der Waals surface area contributed by atoms with Crippen LogP contribution in [0.4, 0.5) is 0 Å². The number of carbonyl (C=O) groups excluding carboxylic acids is 1. The molecule has 0 unspecified atom stereocenters. The molecule has 0 aromatic carbocycles. The third-order valence-electron chi connectivity index (χ3n) is 0.142. The third kappa shape index (κ3) is 4.64. The standard InChI is InChI=1S/CHO.H3N2.U/c2*1-2;/h1H;1H,2H2;/q;-1;+1. The van der Waals surface area contributed by atoms with Crippen molar-refractivity contribution in [3.63, 3.8) is 0 Å². The molecule has 0 saturated heterocycles. The number of nitrogens with one attached hydrogen (secondary N) is 1. The fourth-order valence-corrected chi connectivity index (χ4v) is 0.317. The van der Waals surface area contributed by atoms with Gasteiger partial charge < -0.3 is 0 Å². The molecule has 0 atom stereocenters. The number of rotatable bonds is 2. The summed E-state index contributed by atoms with van der Waals surface area (Å²) in [4.78, 5) is 9.36. The van der Waals surface area contributed by atoms with Crippen molar-refractivity contribution in [2.75, 3.05) is 0 Å². The molecular weight excluding hydrogens is 294 g/mol. The van der Waals surface area contributed by atoms with Gasteiger partial charge >= 0.3 is 44.8 Å². The Hall–Kier alpha value is 0.642. The first-order valence-corrected chi connectivity index (χ1v) is 5.55. The summed E-state index contributed by atoms with van der Waals surface area (Å²) in [5.74, 6) is 4.75. The Morgan fingerprint density at radius 2 is 2.60 bits per heavy atom. The van der Waals surface area contributed by atoms with Gasteiger partial charge in [-0.3, -0.25) is 0 Å². The Labute approximate surface area is 44.8 Å². The van der Waals surface area contributed by atoms with Crippen molar-refractivity contribution in [2.45, 2.75) is 0 Å². The Bertz CT molecular complexity index is 30.8. The van der Waals surface area contributed by atoms with Crippen molar-refractivity contribution in [3.05, 3.63) is 0 Å². The molecule has 0 spiro atoms. The predicted octanol–water partition coefficient (Wildman–Crippen LogP) is -1.36.